The Hall–Kier alpha value is -2.88. The fourth-order valence-electron chi connectivity index (χ4n) is 3.41. The van der Waals surface area contributed by atoms with E-state index >= 15 is 0 Å². The maximum atomic E-state index is 6.16. The van der Waals surface area contributed by atoms with Gasteiger partial charge in [0.2, 0.25) is 0 Å². The van der Waals surface area contributed by atoms with E-state index in [1.54, 1.807) is 0 Å². The number of hydrogen-bond acceptors (Lipinski definition) is 3. The summed E-state index contributed by atoms with van der Waals surface area (Å²) in [6, 6.07) is 14.7. The van der Waals surface area contributed by atoms with Gasteiger partial charge in [0.05, 0.1) is 17.1 Å². The van der Waals surface area contributed by atoms with Gasteiger partial charge >= 0.3 is 0 Å². The number of benzene rings is 1. The molecule has 1 aromatic carbocycles. The highest BCUT2D eigenvalue weighted by molar-refractivity contribution is 5.83. The molecular weight excluding hydrogens is 334 g/mol. The second-order valence-electron chi connectivity index (χ2n) is 7.15. The van der Waals surface area contributed by atoms with Crippen LogP contribution in [-0.4, -0.2) is 15.2 Å². The van der Waals surface area contributed by atoms with Crippen LogP contribution >= 0.6 is 0 Å². The number of aryl methyl sites for hydroxylation is 2. The highest BCUT2D eigenvalue weighted by Gasteiger charge is 2.10. The number of pyridine rings is 1. The van der Waals surface area contributed by atoms with Crippen molar-refractivity contribution in [1.82, 2.24) is 15.2 Å². The number of hydrogen-bond donors (Lipinski definition) is 1. The van der Waals surface area contributed by atoms with Crippen LogP contribution in [0.15, 0.2) is 53.1 Å². The average Bonchev–Trinajstić information content (AvgIpc) is 3.31. The molecule has 0 spiro atoms. The molecule has 0 aliphatic heterocycles. The molecule has 4 nitrogen and oxygen atoms in total. The van der Waals surface area contributed by atoms with Crippen molar-refractivity contribution in [3.05, 3.63) is 59.9 Å². The molecule has 0 aliphatic rings. The van der Waals surface area contributed by atoms with Crippen LogP contribution in [0.4, 0.5) is 0 Å². The Kier molecular flexibility index (Phi) is 5.05. The van der Waals surface area contributed by atoms with Crippen molar-refractivity contribution in [2.45, 2.75) is 46.0 Å². The molecule has 138 valence electrons. The summed E-state index contributed by atoms with van der Waals surface area (Å²) < 4.78 is 6.16. The van der Waals surface area contributed by atoms with Gasteiger partial charge in [0.1, 0.15) is 11.3 Å². The molecule has 0 unspecified atom stereocenters. The first-order valence-electron chi connectivity index (χ1n) is 9.74. The van der Waals surface area contributed by atoms with E-state index < -0.39 is 0 Å². The first-order valence-corrected chi connectivity index (χ1v) is 9.74. The van der Waals surface area contributed by atoms with Gasteiger partial charge in [0.25, 0.3) is 0 Å². The van der Waals surface area contributed by atoms with Gasteiger partial charge in [-0.05, 0) is 55.7 Å². The van der Waals surface area contributed by atoms with Crippen molar-refractivity contribution in [2.75, 3.05) is 0 Å². The van der Waals surface area contributed by atoms with E-state index in [4.69, 9.17) is 4.42 Å². The van der Waals surface area contributed by atoms with Gasteiger partial charge in [-0.2, -0.15) is 5.10 Å². The van der Waals surface area contributed by atoms with Crippen molar-refractivity contribution >= 4 is 11.0 Å². The summed E-state index contributed by atoms with van der Waals surface area (Å²) >= 11 is 0. The number of aromatic amines is 1. The lowest BCUT2D eigenvalue weighted by molar-refractivity contribution is 0.629. The van der Waals surface area contributed by atoms with E-state index in [-0.39, 0.29) is 0 Å². The molecule has 0 bridgehead atoms. The molecule has 4 aromatic rings. The molecule has 4 heteroatoms. The number of rotatable bonds is 7. The minimum atomic E-state index is 0.866. The molecule has 0 atom stereocenters. The van der Waals surface area contributed by atoms with E-state index in [9.17, 15) is 0 Å². The Bertz CT molecular complexity index is 1040. The summed E-state index contributed by atoms with van der Waals surface area (Å²) in [5.41, 5.74) is 6.06. The third-order valence-electron chi connectivity index (χ3n) is 4.93. The van der Waals surface area contributed by atoms with Crippen LogP contribution in [0.3, 0.4) is 0 Å². The van der Waals surface area contributed by atoms with Gasteiger partial charge < -0.3 is 4.42 Å². The Labute approximate surface area is 159 Å². The number of nitrogens with one attached hydrogen (secondary N) is 1. The third kappa shape index (κ3) is 3.95. The molecule has 0 aliphatic carbocycles. The van der Waals surface area contributed by atoms with Gasteiger partial charge in [-0.15, -0.1) is 0 Å². The second-order valence-corrected chi connectivity index (χ2v) is 7.15. The largest absolute Gasteiger partial charge is 0.456 e. The maximum absolute atomic E-state index is 6.16. The first kappa shape index (κ1) is 17.5. The van der Waals surface area contributed by atoms with E-state index in [0.29, 0.717) is 0 Å². The number of fused-ring (bicyclic) bond motifs is 1. The fourth-order valence-corrected chi connectivity index (χ4v) is 3.41. The molecule has 1 N–H and O–H groups in total. The lowest BCUT2D eigenvalue weighted by Crippen LogP contribution is -1.85. The molecule has 27 heavy (non-hydrogen) atoms. The minimum absolute atomic E-state index is 0.866. The zero-order valence-electron chi connectivity index (χ0n) is 16.0. The second kappa shape index (κ2) is 7.78. The van der Waals surface area contributed by atoms with Crippen LogP contribution in [0.25, 0.3) is 33.7 Å². The van der Waals surface area contributed by atoms with Crippen LogP contribution in [0.5, 0.6) is 0 Å². The molecule has 0 amide bonds. The maximum Gasteiger partial charge on any atom is 0.135 e. The minimum Gasteiger partial charge on any atom is -0.456 e. The van der Waals surface area contributed by atoms with Crippen molar-refractivity contribution in [2.24, 2.45) is 0 Å². The quantitative estimate of drug-likeness (QED) is 0.393. The standard InChI is InChI=1S/C23H25N3O/c1-3-4-5-6-7-17-8-9-18-15-23(27-22(18)13-17)19-10-11-24-20(14-19)21-12-16(2)25-26-21/h8-15H,3-7H2,1-2H3,(H,25,26). The molecule has 0 fully saturated rings. The van der Waals surface area contributed by atoms with Gasteiger partial charge in [0.15, 0.2) is 0 Å². The predicted octanol–water partition coefficient (Wildman–Crippen LogP) is 6.32. The summed E-state index contributed by atoms with van der Waals surface area (Å²) in [5.74, 6) is 0.869. The lowest BCUT2D eigenvalue weighted by atomic mass is 10.1. The number of aromatic nitrogens is 3. The van der Waals surface area contributed by atoms with Crippen LogP contribution in [-0.2, 0) is 6.42 Å². The summed E-state index contributed by atoms with van der Waals surface area (Å²) in [5, 5.41) is 8.34. The van der Waals surface area contributed by atoms with E-state index in [2.05, 4.69) is 46.4 Å². The fraction of sp³-hybridized carbons (Fsp3) is 0.304. The van der Waals surface area contributed by atoms with Crippen molar-refractivity contribution in [1.29, 1.82) is 0 Å². The molecule has 0 radical (unpaired) electrons. The third-order valence-corrected chi connectivity index (χ3v) is 4.93. The first-order chi connectivity index (χ1) is 13.2. The van der Waals surface area contributed by atoms with Crippen molar-refractivity contribution in [3.63, 3.8) is 0 Å². The summed E-state index contributed by atoms with van der Waals surface area (Å²) in [6.07, 6.45) is 8.05. The molecule has 0 saturated heterocycles. The smallest absolute Gasteiger partial charge is 0.135 e. The Morgan fingerprint density at radius 1 is 1.00 bits per heavy atom. The van der Waals surface area contributed by atoms with E-state index in [0.717, 1.165) is 45.8 Å². The molecule has 0 saturated carbocycles. The summed E-state index contributed by atoms with van der Waals surface area (Å²) in [6.45, 7) is 4.21. The van der Waals surface area contributed by atoms with Crippen molar-refractivity contribution < 1.29 is 4.42 Å². The highest BCUT2D eigenvalue weighted by Crippen LogP contribution is 2.30. The zero-order valence-corrected chi connectivity index (χ0v) is 16.0. The normalized spacial score (nSPS) is 11.3. The van der Waals surface area contributed by atoms with E-state index in [1.807, 2.05) is 31.3 Å². The molecule has 4 rings (SSSR count). The van der Waals surface area contributed by atoms with Gasteiger partial charge in [-0.25, -0.2) is 0 Å². The predicted molar refractivity (Wildman–Crippen MR) is 110 cm³/mol. The Morgan fingerprint density at radius 2 is 1.93 bits per heavy atom. The SMILES string of the molecule is CCCCCCc1ccc2cc(-c3ccnc(-c4cc(C)n[nH]4)c3)oc2c1. The van der Waals surface area contributed by atoms with Gasteiger partial charge in [-0.1, -0.05) is 38.3 Å². The van der Waals surface area contributed by atoms with Crippen LogP contribution in [0, 0.1) is 6.92 Å². The average molecular weight is 359 g/mol. The van der Waals surface area contributed by atoms with Crippen LogP contribution < -0.4 is 0 Å². The topological polar surface area (TPSA) is 54.7 Å². The number of nitrogens with zero attached hydrogens (tertiary/aromatic N) is 2. The van der Waals surface area contributed by atoms with Gasteiger partial charge in [0, 0.05) is 17.1 Å². The van der Waals surface area contributed by atoms with E-state index in [1.165, 1.54) is 31.2 Å². The van der Waals surface area contributed by atoms with Crippen LogP contribution in [0.2, 0.25) is 0 Å². The lowest BCUT2D eigenvalue weighted by Gasteiger charge is -2.01. The Morgan fingerprint density at radius 3 is 2.74 bits per heavy atom. The highest BCUT2D eigenvalue weighted by atomic mass is 16.3. The zero-order chi connectivity index (χ0) is 18.6. The summed E-state index contributed by atoms with van der Waals surface area (Å²) in [4.78, 5) is 4.45. The molecular formula is C23H25N3O. The van der Waals surface area contributed by atoms with Crippen LogP contribution in [0.1, 0.15) is 43.9 Å². The molecule has 3 aromatic heterocycles. The number of unbranched alkanes of at least 4 members (excludes halogenated alkanes) is 3. The summed E-state index contributed by atoms with van der Waals surface area (Å²) in [7, 11) is 0. The Balaban J connectivity index is 1.58. The molecule has 3 heterocycles. The number of furan rings is 1. The monoisotopic (exact) mass is 359 g/mol. The number of H-pyrrole nitrogens is 1. The van der Waals surface area contributed by atoms with Crippen molar-refractivity contribution in [3.8, 4) is 22.7 Å². The van der Waals surface area contributed by atoms with Gasteiger partial charge in [-0.3, -0.25) is 10.1 Å².